The lowest BCUT2D eigenvalue weighted by Gasteiger charge is -2.35. The number of urea groups is 1. The number of carbonyl (C=O) groups is 3. The molecule has 1 N–H and O–H groups in total. The molecule has 0 saturated carbocycles. The first-order valence-electron chi connectivity index (χ1n) is 10.0. The first-order chi connectivity index (χ1) is 13.3. The summed E-state index contributed by atoms with van der Waals surface area (Å²) >= 11 is 0. The molecule has 1 aromatic rings. The van der Waals surface area contributed by atoms with E-state index in [2.05, 4.69) is 5.32 Å². The first-order valence-corrected chi connectivity index (χ1v) is 10.0. The summed E-state index contributed by atoms with van der Waals surface area (Å²) in [4.78, 5) is 42.0. The molecule has 1 heterocycles. The summed E-state index contributed by atoms with van der Waals surface area (Å²) < 4.78 is 0. The number of piperidine rings is 1. The Balaban J connectivity index is 1.98. The van der Waals surface area contributed by atoms with Gasteiger partial charge in [0, 0.05) is 52.4 Å². The van der Waals surface area contributed by atoms with Gasteiger partial charge in [0.1, 0.15) is 0 Å². The van der Waals surface area contributed by atoms with Gasteiger partial charge in [0.2, 0.25) is 11.8 Å². The Morgan fingerprint density at radius 3 is 2.57 bits per heavy atom. The van der Waals surface area contributed by atoms with Crippen LogP contribution in [-0.2, 0) is 16.1 Å². The van der Waals surface area contributed by atoms with Crippen LogP contribution >= 0.6 is 0 Å². The minimum Gasteiger partial charge on any atom is -0.342 e. The molecule has 7 heteroatoms. The van der Waals surface area contributed by atoms with Crippen molar-refractivity contribution in [3.05, 3.63) is 29.8 Å². The molecule has 0 aliphatic carbocycles. The fraction of sp³-hybridized carbons (Fsp3) is 0.571. The van der Waals surface area contributed by atoms with Crippen LogP contribution in [0, 0.1) is 5.92 Å². The molecule has 0 spiro atoms. The molecule has 1 unspecified atom stereocenters. The fourth-order valence-corrected chi connectivity index (χ4v) is 3.44. The van der Waals surface area contributed by atoms with E-state index in [4.69, 9.17) is 0 Å². The van der Waals surface area contributed by atoms with Crippen molar-refractivity contribution in [1.29, 1.82) is 0 Å². The van der Waals surface area contributed by atoms with Crippen molar-refractivity contribution in [2.45, 2.75) is 40.2 Å². The van der Waals surface area contributed by atoms with Crippen LogP contribution in [0.2, 0.25) is 0 Å². The number of rotatable bonds is 6. The zero-order valence-corrected chi connectivity index (χ0v) is 17.4. The minimum atomic E-state index is -0.211. The SMILES string of the molecule is CCN(CC)C(=O)N1CCCC(C(=O)Nc2cccc(CN(C)C(C)=O)c2)C1. The van der Waals surface area contributed by atoms with Crippen LogP contribution < -0.4 is 5.32 Å². The minimum absolute atomic E-state index is 0.00500. The summed E-state index contributed by atoms with van der Waals surface area (Å²) in [5.41, 5.74) is 1.67. The third kappa shape index (κ3) is 5.71. The summed E-state index contributed by atoms with van der Waals surface area (Å²) in [5.74, 6) is -0.277. The van der Waals surface area contributed by atoms with Crippen LogP contribution in [0.15, 0.2) is 24.3 Å². The van der Waals surface area contributed by atoms with Crippen LogP contribution in [0.1, 0.15) is 39.2 Å². The molecule has 1 aliphatic heterocycles. The zero-order valence-electron chi connectivity index (χ0n) is 17.4. The molecule has 1 saturated heterocycles. The summed E-state index contributed by atoms with van der Waals surface area (Å²) in [6.07, 6.45) is 1.61. The average Bonchev–Trinajstić information content (AvgIpc) is 2.69. The Kier molecular flexibility index (Phi) is 7.84. The Morgan fingerprint density at radius 1 is 1.21 bits per heavy atom. The molecule has 0 aromatic heterocycles. The first kappa shape index (κ1) is 21.7. The molecule has 2 rings (SSSR count). The lowest BCUT2D eigenvalue weighted by atomic mass is 9.97. The number of hydrogen-bond donors (Lipinski definition) is 1. The maximum atomic E-state index is 12.8. The van der Waals surface area contributed by atoms with Gasteiger partial charge < -0.3 is 20.0 Å². The van der Waals surface area contributed by atoms with Crippen LogP contribution in [0.3, 0.4) is 0 Å². The van der Waals surface area contributed by atoms with E-state index in [1.165, 1.54) is 6.92 Å². The van der Waals surface area contributed by atoms with Crippen molar-refractivity contribution >= 4 is 23.5 Å². The number of benzene rings is 1. The Labute approximate surface area is 167 Å². The number of nitrogens with one attached hydrogen (secondary N) is 1. The van der Waals surface area contributed by atoms with Crippen LogP contribution in [0.4, 0.5) is 10.5 Å². The largest absolute Gasteiger partial charge is 0.342 e. The predicted molar refractivity (Wildman–Crippen MR) is 110 cm³/mol. The van der Waals surface area contributed by atoms with Gasteiger partial charge in [0.25, 0.3) is 0 Å². The average molecular weight is 389 g/mol. The molecule has 0 radical (unpaired) electrons. The van der Waals surface area contributed by atoms with Crippen molar-refractivity contribution in [2.24, 2.45) is 5.92 Å². The van der Waals surface area contributed by atoms with Gasteiger partial charge in [0.05, 0.1) is 5.92 Å². The van der Waals surface area contributed by atoms with Gasteiger partial charge in [-0.1, -0.05) is 12.1 Å². The highest BCUT2D eigenvalue weighted by Crippen LogP contribution is 2.21. The maximum Gasteiger partial charge on any atom is 0.320 e. The molecule has 1 atom stereocenters. The molecular formula is C21H32N4O3. The molecule has 4 amide bonds. The number of nitrogens with zero attached hydrogens (tertiary/aromatic N) is 3. The summed E-state index contributed by atoms with van der Waals surface area (Å²) in [6, 6.07) is 7.54. The highest BCUT2D eigenvalue weighted by molar-refractivity contribution is 5.93. The molecule has 7 nitrogen and oxygen atoms in total. The number of anilines is 1. The molecule has 28 heavy (non-hydrogen) atoms. The maximum absolute atomic E-state index is 12.8. The summed E-state index contributed by atoms with van der Waals surface area (Å²) in [5, 5.41) is 2.98. The number of carbonyl (C=O) groups excluding carboxylic acids is 3. The van der Waals surface area contributed by atoms with E-state index in [1.54, 1.807) is 21.7 Å². The van der Waals surface area contributed by atoms with E-state index >= 15 is 0 Å². The Morgan fingerprint density at radius 2 is 1.93 bits per heavy atom. The van der Waals surface area contributed by atoms with Gasteiger partial charge in [0.15, 0.2) is 0 Å². The molecule has 1 fully saturated rings. The smallest absolute Gasteiger partial charge is 0.320 e. The lowest BCUT2D eigenvalue weighted by molar-refractivity contribution is -0.128. The van der Waals surface area contributed by atoms with E-state index in [0.29, 0.717) is 38.4 Å². The van der Waals surface area contributed by atoms with Gasteiger partial charge >= 0.3 is 6.03 Å². The lowest BCUT2D eigenvalue weighted by Crippen LogP contribution is -2.49. The van der Waals surface area contributed by atoms with Crippen LogP contribution in [-0.4, -0.2) is 65.8 Å². The van der Waals surface area contributed by atoms with E-state index in [0.717, 1.165) is 18.4 Å². The van der Waals surface area contributed by atoms with Crippen LogP contribution in [0.25, 0.3) is 0 Å². The van der Waals surface area contributed by atoms with E-state index in [-0.39, 0.29) is 23.8 Å². The van der Waals surface area contributed by atoms with Gasteiger partial charge in [-0.25, -0.2) is 4.79 Å². The molecule has 0 bridgehead atoms. The van der Waals surface area contributed by atoms with Gasteiger partial charge in [-0.2, -0.15) is 0 Å². The molecule has 1 aliphatic rings. The van der Waals surface area contributed by atoms with Crippen LogP contribution in [0.5, 0.6) is 0 Å². The molecular weight excluding hydrogens is 356 g/mol. The zero-order chi connectivity index (χ0) is 20.7. The number of hydrogen-bond acceptors (Lipinski definition) is 3. The quantitative estimate of drug-likeness (QED) is 0.814. The highest BCUT2D eigenvalue weighted by atomic mass is 16.2. The second kappa shape index (κ2) is 10.1. The Hall–Kier alpha value is -2.57. The van der Waals surface area contributed by atoms with Gasteiger partial charge in [-0.05, 0) is 44.4 Å². The monoisotopic (exact) mass is 388 g/mol. The predicted octanol–water partition coefficient (Wildman–Crippen LogP) is 2.78. The number of likely N-dealkylation sites (tertiary alicyclic amines) is 1. The third-order valence-electron chi connectivity index (χ3n) is 5.25. The van der Waals surface area contributed by atoms with Gasteiger partial charge in [-0.3, -0.25) is 9.59 Å². The summed E-state index contributed by atoms with van der Waals surface area (Å²) in [7, 11) is 1.75. The molecule has 154 valence electrons. The van der Waals surface area contributed by atoms with Crippen molar-refractivity contribution in [3.63, 3.8) is 0 Å². The summed E-state index contributed by atoms with van der Waals surface area (Å²) in [6.45, 7) is 8.45. The fourth-order valence-electron chi connectivity index (χ4n) is 3.44. The molecule has 1 aromatic carbocycles. The van der Waals surface area contributed by atoms with E-state index in [9.17, 15) is 14.4 Å². The van der Waals surface area contributed by atoms with Crippen molar-refractivity contribution in [1.82, 2.24) is 14.7 Å². The third-order valence-corrected chi connectivity index (χ3v) is 5.25. The van der Waals surface area contributed by atoms with E-state index in [1.807, 2.05) is 38.1 Å². The van der Waals surface area contributed by atoms with Crippen molar-refractivity contribution in [3.8, 4) is 0 Å². The number of amides is 4. The van der Waals surface area contributed by atoms with Crippen molar-refractivity contribution in [2.75, 3.05) is 38.5 Å². The topological polar surface area (TPSA) is 73.0 Å². The second-order valence-electron chi connectivity index (χ2n) is 7.30. The normalized spacial score (nSPS) is 16.4. The standard InChI is InChI=1S/C21H32N4O3/c1-5-24(6-2)21(28)25-12-8-10-18(15-25)20(27)22-19-11-7-9-17(13-19)14-23(4)16(3)26/h7,9,11,13,18H,5-6,8,10,12,14-15H2,1-4H3,(H,22,27). The van der Waals surface area contributed by atoms with E-state index < -0.39 is 0 Å². The van der Waals surface area contributed by atoms with Gasteiger partial charge in [-0.15, -0.1) is 0 Å². The Bertz CT molecular complexity index is 703. The van der Waals surface area contributed by atoms with Crippen molar-refractivity contribution < 1.29 is 14.4 Å². The highest BCUT2D eigenvalue weighted by Gasteiger charge is 2.30. The second-order valence-corrected chi connectivity index (χ2v) is 7.30.